The lowest BCUT2D eigenvalue weighted by Crippen LogP contribution is -2.26. The van der Waals surface area contributed by atoms with Crippen LogP contribution in [0, 0.1) is 0 Å². The zero-order chi connectivity index (χ0) is 10.6. The summed E-state index contributed by atoms with van der Waals surface area (Å²) in [6, 6.07) is 0. The van der Waals surface area contributed by atoms with Crippen molar-refractivity contribution >= 4 is 29.1 Å². The van der Waals surface area contributed by atoms with Crippen LogP contribution in [0.4, 0.5) is 11.6 Å². The van der Waals surface area contributed by atoms with E-state index in [4.69, 9.17) is 17.3 Å². The third-order valence-corrected chi connectivity index (χ3v) is 1.88. The van der Waals surface area contributed by atoms with Crippen molar-refractivity contribution in [1.29, 1.82) is 0 Å². The van der Waals surface area contributed by atoms with Crippen molar-refractivity contribution in [3.63, 3.8) is 0 Å². The maximum Gasteiger partial charge on any atom is 0.239 e. The topological polar surface area (TPSA) is 92.9 Å². The Hall–Kier alpha value is -1.56. The lowest BCUT2D eigenvalue weighted by Gasteiger charge is -2.06. The first-order valence-electron chi connectivity index (χ1n) is 3.85. The maximum absolute atomic E-state index is 10.9. The number of anilines is 2. The Kier molecular flexibility index (Phi) is 3.47. The standard InChI is InChI=1S/C7H10ClN5O/c1-10-4(14)2-11-7-5(8)6(9)12-3-13-7/h3H,2H2,1H3,(H,10,14)(H3,9,11,12,13). The largest absolute Gasteiger partial charge is 0.382 e. The Labute approximate surface area is 85.9 Å². The van der Waals surface area contributed by atoms with Gasteiger partial charge in [0, 0.05) is 7.05 Å². The maximum atomic E-state index is 10.9. The normalized spacial score (nSPS) is 9.57. The average molecular weight is 216 g/mol. The molecule has 0 saturated heterocycles. The minimum absolute atomic E-state index is 0.0900. The first-order valence-corrected chi connectivity index (χ1v) is 4.23. The molecule has 0 aliphatic rings. The first-order chi connectivity index (χ1) is 6.65. The summed E-state index contributed by atoms with van der Waals surface area (Å²) in [6.45, 7) is 0.0900. The van der Waals surface area contributed by atoms with E-state index in [-0.39, 0.29) is 23.3 Å². The van der Waals surface area contributed by atoms with Gasteiger partial charge < -0.3 is 16.4 Å². The Bertz CT molecular complexity index is 343. The average Bonchev–Trinajstić information content (AvgIpc) is 2.20. The summed E-state index contributed by atoms with van der Waals surface area (Å²) in [5.74, 6) is 0.363. The van der Waals surface area contributed by atoms with Crippen molar-refractivity contribution in [3.05, 3.63) is 11.3 Å². The van der Waals surface area contributed by atoms with Gasteiger partial charge in [-0.1, -0.05) is 11.6 Å². The van der Waals surface area contributed by atoms with Crippen LogP contribution < -0.4 is 16.4 Å². The SMILES string of the molecule is CNC(=O)CNc1ncnc(N)c1Cl. The second kappa shape index (κ2) is 4.61. The first kappa shape index (κ1) is 10.5. The number of hydrogen-bond acceptors (Lipinski definition) is 5. The van der Waals surface area contributed by atoms with Gasteiger partial charge in [0.15, 0.2) is 5.82 Å². The van der Waals surface area contributed by atoms with Gasteiger partial charge in [-0.2, -0.15) is 0 Å². The molecule has 0 aliphatic heterocycles. The van der Waals surface area contributed by atoms with Gasteiger partial charge in [0.05, 0.1) is 6.54 Å². The fourth-order valence-corrected chi connectivity index (χ4v) is 0.923. The molecule has 1 heterocycles. The fourth-order valence-electron chi connectivity index (χ4n) is 0.759. The van der Waals surface area contributed by atoms with Gasteiger partial charge in [-0.3, -0.25) is 4.79 Å². The van der Waals surface area contributed by atoms with E-state index in [1.54, 1.807) is 7.05 Å². The van der Waals surface area contributed by atoms with Crippen LogP contribution >= 0.6 is 11.6 Å². The van der Waals surface area contributed by atoms with Crippen LogP contribution in [0.1, 0.15) is 0 Å². The molecule has 0 aromatic carbocycles. The second-order valence-electron chi connectivity index (χ2n) is 2.45. The van der Waals surface area contributed by atoms with E-state index in [0.29, 0.717) is 5.82 Å². The monoisotopic (exact) mass is 215 g/mol. The number of likely N-dealkylation sites (N-methyl/N-ethyl adjacent to an activating group) is 1. The molecular formula is C7H10ClN5O. The number of halogens is 1. The van der Waals surface area contributed by atoms with Crippen LogP contribution in [-0.2, 0) is 4.79 Å². The van der Waals surface area contributed by atoms with Gasteiger partial charge in [-0.25, -0.2) is 9.97 Å². The number of nitrogens with zero attached hydrogens (tertiary/aromatic N) is 2. The molecule has 6 nitrogen and oxygen atoms in total. The predicted octanol–water partition coefficient (Wildman–Crippen LogP) is -0.130. The van der Waals surface area contributed by atoms with Crippen LogP contribution in [0.15, 0.2) is 6.33 Å². The summed E-state index contributed by atoms with van der Waals surface area (Å²) >= 11 is 5.78. The van der Waals surface area contributed by atoms with E-state index in [2.05, 4.69) is 20.6 Å². The second-order valence-corrected chi connectivity index (χ2v) is 2.83. The molecule has 0 unspecified atom stereocenters. The molecule has 0 atom stereocenters. The summed E-state index contributed by atoms with van der Waals surface area (Å²) in [4.78, 5) is 18.4. The van der Waals surface area contributed by atoms with Crippen molar-refractivity contribution in [3.8, 4) is 0 Å². The third kappa shape index (κ3) is 2.46. The molecule has 1 aromatic heterocycles. The van der Waals surface area contributed by atoms with Gasteiger partial charge >= 0.3 is 0 Å². The van der Waals surface area contributed by atoms with Crippen molar-refractivity contribution in [2.75, 3.05) is 24.6 Å². The molecule has 0 radical (unpaired) electrons. The Morgan fingerprint density at radius 2 is 2.36 bits per heavy atom. The van der Waals surface area contributed by atoms with Crippen LogP contribution in [0.25, 0.3) is 0 Å². The molecule has 0 saturated carbocycles. The van der Waals surface area contributed by atoms with Crippen LogP contribution in [0.5, 0.6) is 0 Å². The van der Waals surface area contributed by atoms with E-state index in [1.165, 1.54) is 6.33 Å². The number of carbonyl (C=O) groups is 1. The van der Waals surface area contributed by atoms with Gasteiger partial charge in [-0.15, -0.1) is 0 Å². The summed E-state index contributed by atoms with van der Waals surface area (Å²) in [5, 5.41) is 5.40. The molecule has 4 N–H and O–H groups in total. The fraction of sp³-hybridized carbons (Fsp3) is 0.286. The van der Waals surface area contributed by atoms with Crippen molar-refractivity contribution in [2.45, 2.75) is 0 Å². The van der Waals surface area contributed by atoms with Gasteiger partial charge in [0.25, 0.3) is 0 Å². The van der Waals surface area contributed by atoms with Crippen molar-refractivity contribution in [2.24, 2.45) is 0 Å². The molecule has 1 aromatic rings. The highest BCUT2D eigenvalue weighted by Gasteiger charge is 2.06. The van der Waals surface area contributed by atoms with Crippen molar-refractivity contribution in [1.82, 2.24) is 15.3 Å². The number of amides is 1. The quantitative estimate of drug-likeness (QED) is 0.653. The Balaban J connectivity index is 2.68. The highest BCUT2D eigenvalue weighted by atomic mass is 35.5. The van der Waals surface area contributed by atoms with Crippen LogP contribution in [-0.4, -0.2) is 29.5 Å². The lowest BCUT2D eigenvalue weighted by molar-refractivity contribution is -0.118. The smallest absolute Gasteiger partial charge is 0.239 e. The Morgan fingerprint density at radius 1 is 1.64 bits per heavy atom. The molecule has 0 spiro atoms. The van der Waals surface area contributed by atoms with Crippen LogP contribution in [0.3, 0.4) is 0 Å². The molecule has 0 fully saturated rings. The van der Waals surface area contributed by atoms with Gasteiger partial charge in [-0.05, 0) is 0 Å². The van der Waals surface area contributed by atoms with Crippen molar-refractivity contribution < 1.29 is 4.79 Å². The van der Waals surface area contributed by atoms with E-state index in [1.807, 2.05) is 0 Å². The zero-order valence-corrected chi connectivity index (χ0v) is 8.30. The summed E-state index contributed by atoms with van der Waals surface area (Å²) in [5.41, 5.74) is 5.44. The number of nitrogens with one attached hydrogen (secondary N) is 2. The van der Waals surface area contributed by atoms with E-state index in [0.717, 1.165) is 0 Å². The van der Waals surface area contributed by atoms with Crippen LogP contribution in [0.2, 0.25) is 5.02 Å². The molecule has 0 aliphatic carbocycles. The minimum Gasteiger partial charge on any atom is -0.382 e. The molecule has 76 valence electrons. The minimum atomic E-state index is -0.168. The summed E-state index contributed by atoms with van der Waals surface area (Å²) in [7, 11) is 1.54. The molecule has 1 rings (SSSR count). The van der Waals surface area contributed by atoms with Gasteiger partial charge in [0.2, 0.25) is 5.91 Å². The number of nitrogen functional groups attached to an aromatic ring is 1. The zero-order valence-electron chi connectivity index (χ0n) is 7.54. The number of rotatable bonds is 3. The van der Waals surface area contributed by atoms with E-state index < -0.39 is 0 Å². The number of hydrogen-bond donors (Lipinski definition) is 3. The Morgan fingerprint density at radius 3 is 3.00 bits per heavy atom. The number of aromatic nitrogens is 2. The summed E-state index contributed by atoms with van der Waals surface area (Å²) in [6.07, 6.45) is 1.27. The van der Waals surface area contributed by atoms with Gasteiger partial charge in [0.1, 0.15) is 17.2 Å². The third-order valence-electron chi connectivity index (χ3n) is 1.51. The summed E-state index contributed by atoms with van der Waals surface area (Å²) < 4.78 is 0. The molecular weight excluding hydrogens is 206 g/mol. The van der Waals surface area contributed by atoms with E-state index >= 15 is 0 Å². The predicted molar refractivity (Wildman–Crippen MR) is 54.0 cm³/mol. The highest BCUT2D eigenvalue weighted by molar-refractivity contribution is 6.35. The molecule has 14 heavy (non-hydrogen) atoms. The molecule has 0 bridgehead atoms. The number of nitrogens with two attached hydrogens (primary N) is 1. The lowest BCUT2D eigenvalue weighted by atomic mass is 10.5. The molecule has 1 amide bonds. The highest BCUT2D eigenvalue weighted by Crippen LogP contribution is 2.22. The van der Waals surface area contributed by atoms with E-state index in [9.17, 15) is 4.79 Å². The number of carbonyl (C=O) groups excluding carboxylic acids is 1. The molecule has 7 heteroatoms.